The number of fused-ring (bicyclic) bond motifs is 1. The van der Waals surface area contributed by atoms with Crippen LogP contribution in [0.5, 0.6) is 0 Å². The Hall–Kier alpha value is -2.62. The molecule has 2 aromatic heterocycles. The van der Waals surface area contributed by atoms with E-state index in [1.165, 1.54) is 0 Å². The second-order valence-electron chi connectivity index (χ2n) is 5.23. The number of rotatable bonds is 3. The van der Waals surface area contributed by atoms with Crippen molar-refractivity contribution in [1.82, 2.24) is 14.7 Å². The van der Waals surface area contributed by atoms with Gasteiger partial charge in [-0.2, -0.15) is 0 Å². The molecule has 0 unspecified atom stereocenters. The number of amides is 1. The molecule has 106 valence electrons. The number of hydrogen-bond acceptors (Lipinski definition) is 2. The Morgan fingerprint density at radius 1 is 1.10 bits per heavy atom. The van der Waals surface area contributed by atoms with Crippen LogP contribution in [0.3, 0.4) is 0 Å². The van der Waals surface area contributed by atoms with Gasteiger partial charge in [-0.3, -0.25) is 9.20 Å². The first kappa shape index (κ1) is 13.4. The number of nitrogens with zero attached hydrogens (tertiary/aromatic N) is 2. The molecule has 1 N–H and O–H groups in total. The molecule has 0 spiro atoms. The maximum Gasteiger partial charge on any atom is 0.270 e. The van der Waals surface area contributed by atoms with Crippen LogP contribution in [0.25, 0.3) is 16.9 Å². The summed E-state index contributed by atoms with van der Waals surface area (Å²) in [5.74, 6) is -0.109. The third-order valence-electron chi connectivity index (χ3n) is 3.21. The van der Waals surface area contributed by atoms with Crippen LogP contribution in [-0.2, 0) is 0 Å². The minimum Gasteiger partial charge on any atom is -0.349 e. The molecular weight excluding hydrogens is 262 g/mol. The van der Waals surface area contributed by atoms with Crippen molar-refractivity contribution in [2.75, 3.05) is 0 Å². The Morgan fingerprint density at radius 2 is 1.81 bits per heavy atom. The van der Waals surface area contributed by atoms with Gasteiger partial charge >= 0.3 is 0 Å². The first-order valence-electron chi connectivity index (χ1n) is 7.00. The molecule has 0 saturated carbocycles. The van der Waals surface area contributed by atoms with Gasteiger partial charge in [-0.25, -0.2) is 4.98 Å². The van der Waals surface area contributed by atoms with Gasteiger partial charge in [0, 0.05) is 17.8 Å². The van der Waals surface area contributed by atoms with Gasteiger partial charge in [-0.05, 0) is 26.0 Å². The minimum atomic E-state index is -0.109. The van der Waals surface area contributed by atoms with Crippen molar-refractivity contribution in [1.29, 1.82) is 0 Å². The number of imidazole rings is 1. The molecule has 0 aliphatic carbocycles. The van der Waals surface area contributed by atoms with Crippen LogP contribution in [0.1, 0.15) is 24.3 Å². The van der Waals surface area contributed by atoms with Crippen LogP contribution in [0.2, 0.25) is 0 Å². The highest BCUT2D eigenvalue weighted by Gasteiger charge is 2.20. The van der Waals surface area contributed by atoms with Crippen LogP contribution < -0.4 is 5.32 Å². The zero-order valence-corrected chi connectivity index (χ0v) is 12.1. The highest BCUT2D eigenvalue weighted by atomic mass is 16.2. The molecule has 3 rings (SSSR count). The number of hydrogen-bond donors (Lipinski definition) is 1. The van der Waals surface area contributed by atoms with E-state index in [0.29, 0.717) is 11.4 Å². The summed E-state index contributed by atoms with van der Waals surface area (Å²) in [6.45, 7) is 3.90. The molecule has 0 radical (unpaired) electrons. The van der Waals surface area contributed by atoms with E-state index in [1.807, 2.05) is 73.0 Å². The topological polar surface area (TPSA) is 46.4 Å². The molecule has 0 aliphatic heterocycles. The van der Waals surface area contributed by atoms with Crippen molar-refractivity contribution in [3.05, 3.63) is 60.4 Å². The van der Waals surface area contributed by atoms with E-state index in [-0.39, 0.29) is 11.9 Å². The average Bonchev–Trinajstić information content (AvgIpc) is 2.87. The van der Waals surface area contributed by atoms with Crippen LogP contribution in [0, 0.1) is 0 Å². The van der Waals surface area contributed by atoms with E-state index in [1.54, 1.807) is 0 Å². The fourth-order valence-electron chi connectivity index (χ4n) is 2.34. The summed E-state index contributed by atoms with van der Waals surface area (Å²) < 4.78 is 1.83. The number of carbonyl (C=O) groups excluding carboxylic acids is 1. The average molecular weight is 279 g/mol. The summed E-state index contributed by atoms with van der Waals surface area (Å²) in [4.78, 5) is 17.2. The Labute approximate surface area is 123 Å². The van der Waals surface area contributed by atoms with Crippen molar-refractivity contribution >= 4 is 11.6 Å². The predicted octanol–water partition coefficient (Wildman–Crippen LogP) is 3.14. The van der Waals surface area contributed by atoms with Gasteiger partial charge in [0.25, 0.3) is 5.91 Å². The second kappa shape index (κ2) is 5.40. The SMILES string of the molecule is CC(C)NC(=O)c1c(-c2ccccc2)nc2ccccn12. The molecule has 4 heteroatoms. The number of nitrogens with one attached hydrogen (secondary N) is 1. The van der Waals surface area contributed by atoms with E-state index in [9.17, 15) is 4.79 Å². The van der Waals surface area contributed by atoms with Crippen molar-refractivity contribution < 1.29 is 4.79 Å². The predicted molar refractivity (Wildman–Crippen MR) is 83.2 cm³/mol. The maximum absolute atomic E-state index is 12.6. The first-order valence-corrected chi connectivity index (χ1v) is 7.00. The monoisotopic (exact) mass is 279 g/mol. The van der Waals surface area contributed by atoms with E-state index in [4.69, 9.17) is 0 Å². The van der Waals surface area contributed by atoms with Gasteiger partial charge in [0.2, 0.25) is 0 Å². The Bertz CT molecular complexity index is 775. The van der Waals surface area contributed by atoms with Crippen LogP contribution in [0.15, 0.2) is 54.7 Å². The lowest BCUT2D eigenvalue weighted by Gasteiger charge is -2.09. The lowest BCUT2D eigenvalue weighted by Crippen LogP contribution is -2.31. The second-order valence-corrected chi connectivity index (χ2v) is 5.23. The van der Waals surface area contributed by atoms with Crippen molar-refractivity contribution in [2.45, 2.75) is 19.9 Å². The smallest absolute Gasteiger partial charge is 0.270 e. The fraction of sp³-hybridized carbons (Fsp3) is 0.176. The summed E-state index contributed by atoms with van der Waals surface area (Å²) in [5, 5.41) is 2.95. The maximum atomic E-state index is 12.6. The molecule has 0 aliphatic rings. The van der Waals surface area contributed by atoms with E-state index in [0.717, 1.165) is 11.2 Å². The van der Waals surface area contributed by atoms with E-state index < -0.39 is 0 Å². The van der Waals surface area contributed by atoms with Crippen LogP contribution in [0.4, 0.5) is 0 Å². The third-order valence-corrected chi connectivity index (χ3v) is 3.21. The number of carbonyl (C=O) groups is 1. The molecule has 0 atom stereocenters. The molecular formula is C17H17N3O. The summed E-state index contributed by atoms with van der Waals surface area (Å²) in [6, 6.07) is 15.6. The van der Waals surface area contributed by atoms with Crippen molar-refractivity contribution in [2.24, 2.45) is 0 Å². The lowest BCUT2D eigenvalue weighted by molar-refractivity contribution is 0.0938. The van der Waals surface area contributed by atoms with Gasteiger partial charge in [-0.1, -0.05) is 36.4 Å². The van der Waals surface area contributed by atoms with Gasteiger partial charge in [0.15, 0.2) is 0 Å². The standard InChI is InChI=1S/C17H17N3O/c1-12(2)18-17(21)16-15(13-8-4-3-5-9-13)19-14-10-6-7-11-20(14)16/h3-12H,1-2H3,(H,18,21). The number of pyridine rings is 1. The molecule has 1 amide bonds. The Balaban J connectivity index is 2.22. The van der Waals surface area contributed by atoms with Crippen molar-refractivity contribution in [3.63, 3.8) is 0 Å². The largest absolute Gasteiger partial charge is 0.349 e. The third kappa shape index (κ3) is 2.52. The summed E-state index contributed by atoms with van der Waals surface area (Å²) >= 11 is 0. The van der Waals surface area contributed by atoms with E-state index >= 15 is 0 Å². The molecule has 21 heavy (non-hydrogen) atoms. The highest BCUT2D eigenvalue weighted by Crippen LogP contribution is 2.24. The fourth-order valence-corrected chi connectivity index (χ4v) is 2.34. The van der Waals surface area contributed by atoms with Crippen molar-refractivity contribution in [3.8, 4) is 11.3 Å². The molecule has 4 nitrogen and oxygen atoms in total. The Morgan fingerprint density at radius 3 is 2.52 bits per heavy atom. The van der Waals surface area contributed by atoms with Gasteiger partial charge in [0.05, 0.1) is 0 Å². The van der Waals surface area contributed by atoms with Crippen LogP contribution in [-0.4, -0.2) is 21.3 Å². The van der Waals surface area contributed by atoms with Gasteiger partial charge in [-0.15, -0.1) is 0 Å². The highest BCUT2D eigenvalue weighted by molar-refractivity contribution is 5.99. The molecule has 2 heterocycles. The van der Waals surface area contributed by atoms with Gasteiger partial charge in [0.1, 0.15) is 17.0 Å². The van der Waals surface area contributed by atoms with Crippen LogP contribution >= 0.6 is 0 Å². The Kier molecular flexibility index (Phi) is 3.44. The summed E-state index contributed by atoms with van der Waals surface area (Å²) in [5.41, 5.74) is 2.99. The minimum absolute atomic E-state index is 0.0791. The summed E-state index contributed by atoms with van der Waals surface area (Å²) in [6.07, 6.45) is 1.87. The molecule has 0 fully saturated rings. The summed E-state index contributed by atoms with van der Waals surface area (Å²) in [7, 11) is 0. The normalized spacial score (nSPS) is 11.0. The lowest BCUT2D eigenvalue weighted by atomic mass is 10.1. The zero-order chi connectivity index (χ0) is 14.8. The number of benzene rings is 1. The molecule has 3 aromatic rings. The van der Waals surface area contributed by atoms with Gasteiger partial charge < -0.3 is 5.32 Å². The zero-order valence-electron chi connectivity index (χ0n) is 12.1. The molecule has 0 saturated heterocycles. The quantitative estimate of drug-likeness (QED) is 0.800. The van der Waals surface area contributed by atoms with E-state index in [2.05, 4.69) is 10.3 Å². The molecule has 1 aromatic carbocycles. The first-order chi connectivity index (χ1) is 10.2. The number of aromatic nitrogens is 2. The molecule has 0 bridgehead atoms.